The van der Waals surface area contributed by atoms with Crippen LogP contribution in [0.4, 0.5) is 0 Å². The molecule has 1 N–H and O–H groups in total. The van der Waals surface area contributed by atoms with Gasteiger partial charge in [0, 0.05) is 6.54 Å². The highest BCUT2D eigenvalue weighted by Crippen LogP contribution is 2.24. The Kier molecular flexibility index (Phi) is 4.57. The molecular formula is C22H20N2O. The van der Waals surface area contributed by atoms with Crippen molar-refractivity contribution >= 4 is 11.1 Å². The van der Waals surface area contributed by atoms with Crippen LogP contribution in [0.2, 0.25) is 0 Å². The van der Waals surface area contributed by atoms with E-state index in [1.807, 2.05) is 6.07 Å². The van der Waals surface area contributed by atoms with Gasteiger partial charge in [0.15, 0.2) is 12.0 Å². The molecule has 0 radical (unpaired) electrons. The molecule has 3 aromatic carbocycles. The first-order valence-electron chi connectivity index (χ1n) is 8.56. The Morgan fingerprint density at radius 2 is 1.60 bits per heavy atom. The maximum atomic E-state index is 5.30. The van der Waals surface area contributed by atoms with Crippen molar-refractivity contribution in [2.24, 2.45) is 0 Å². The summed E-state index contributed by atoms with van der Waals surface area (Å²) in [5.74, 6) is 0. The molecule has 0 atom stereocenters. The lowest BCUT2D eigenvalue weighted by atomic mass is 10.0. The van der Waals surface area contributed by atoms with Gasteiger partial charge in [0.25, 0.3) is 0 Å². The summed E-state index contributed by atoms with van der Waals surface area (Å²) in [6, 6.07) is 25.3. The molecule has 0 bridgehead atoms. The Labute approximate surface area is 147 Å². The Morgan fingerprint density at radius 1 is 0.800 bits per heavy atom. The third-order valence-electron chi connectivity index (χ3n) is 4.38. The van der Waals surface area contributed by atoms with Crippen molar-refractivity contribution in [1.82, 2.24) is 10.3 Å². The second-order valence-corrected chi connectivity index (χ2v) is 6.14. The Hall–Kier alpha value is -2.91. The Balaban J connectivity index is 1.35. The molecule has 0 saturated carbocycles. The fourth-order valence-corrected chi connectivity index (χ4v) is 2.96. The van der Waals surface area contributed by atoms with Crippen molar-refractivity contribution in [3.63, 3.8) is 0 Å². The average molecular weight is 328 g/mol. The monoisotopic (exact) mass is 328 g/mol. The van der Waals surface area contributed by atoms with E-state index in [1.165, 1.54) is 23.1 Å². The van der Waals surface area contributed by atoms with Gasteiger partial charge in [0.2, 0.25) is 0 Å². The normalized spacial score (nSPS) is 11.0. The molecule has 0 aliphatic rings. The Bertz CT molecular complexity index is 943. The second kappa shape index (κ2) is 7.32. The standard InChI is InChI=1S/C22H20N2O/c1-2-4-17(5-3-1)12-13-23-15-18-6-8-19(9-7-18)20-10-11-22-21(14-20)24-16-25-22/h1-11,14,16,23H,12-13,15H2. The maximum Gasteiger partial charge on any atom is 0.181 e. The molecule has 1 heterocycles. The zero-order valence-corrected chi connectivity index (χ0v) is 14.0. The average Bonchev–Trinajstić information content (AvgIpc) is 3.14. The van der Waals surface area contributed by atoms with Gasteiger partial charge in [-0.2, -0.15) is 0 Å². The van der Waals surface area contributed by atoms with E-state index < -0.39 is 0 Å². The zero-order chi connectivity index (χ0) is 16.9. The van der Waals surface area contributed by atoms with E-state index in [2.05, 4.69) is 77.0 Å². The first-order chi connectivity index (χ1) is 12.4. The van der Waals surface area contributed by atoms with E-state index in [1.54, 1.807) is 0 Å². The summed E-state index contributed by atoms with van der Waals surface area (Å²) >= 11 is 0. The fourth-order valence-electron chi connectivity index (χ4n) is 2.96. The van der Waals surface area contributed by atoms with E-state index in [0.29, 0.717) is 0 Å². The van der Waals surface area contributed by atoms with E-state index in [-0.39, 0.29) is 0 Å². The molecule has 0 saturated heterocycles. The number of nitrogens with one attached hydrogen (secondary N) is 1. The number of benzene rings is 3. The van der Waals surface area contributed by atoms with Gasteiger partial charge in [-0.15, -0.1) is 0 Å². The molecule has 25 heavy (non-hydrogen) atoms. The van der Waals surface area contributed by atoms with Crippen LogP contribution >= 0.6 is 0 Å². The molecule has 4 aromatic rings. The molecule has 4 rings (SSSR count). The highest BCUT2D eigenvalue weighted by molar-refractivity contribution is 5.80. The van der Waals surface area contributed by atoms with Crippen molar-refractivity contribution < 1.29 is 4.42 Å². The minimum absolute atomic E-state index is 0.822. The van der Waals surface area contributed by atoms with Gasteiger partial charge in [0.1, 0.15) is 5.52 Å². The maximum absolute atomic E-state index is 5.30. The van der Waals surface area contributed by atoms with Gasteiger partial charge >= 0.3 is 0 Å². The molecule has 1 aromatic heterocycles. The number of fused-ring (bicyclic) bond motifs is 1. The lowest BCUT2D eigenvalue weighted by Crippen LogP contribution is -2.16. The zero-order valence-electron chi connectivity index (χ0n) is 14.0. The summed E-state index contributed by atoms with van der Waals surface area (Å²) in [7, 11) is 0. The summed E-state index contributed by atoms with van der Waals surface area (Å²) < 4.78 is 5.30. The van der Waals surface area contributed by atoms with Crippen LogP contribution in [0.3, 0.4) is 0 Å². The van der Waals surface area contributed by atoms with Crippen molar-refractivity contribution in [3.8, 4) is 11.1 Å². The van der Waals surface area contributed by atoms with E-state index in [4.69, 9.17) is 4.42 Å². The van der Waals surface area contributed by atoms with Gasteiger partial charge in [-0.25, -0.2) is 4.98 Å². The van der Waals surface area contributed by atoms with Gasteiger partial charge in [-0.05, 0) is 47.4 Å². The molecule has 0 aliphatic heterocycles. The first-order valence-corrected chi connectivity index (χ1v) is 8.56. The molecule has 0 spiro atoms. The summed E-state index contributed by atoms with van der Waals surface area (Å²) in [5.41, 5.74) is 6.72. The number of rotatable bonds is 6. The van der Waals surface area contributed by atoms with Crippen LogP contribution in [-0.2, 0) is 13.0 Å². The highest BCUT2D eigenvalue weighted by atomic mass is 16.3. The molecule has 0 fully saturated rings. The van der Waals surface area contributed by atoms with Gasteiger partial charge in [0.05, 0.1) is 0 Å². The highest BCUT2D eigenvalue weighted by Gasteiger charge is 2.03. The lowest BCUT2D eigenvalue weighted by molar-refractivity contribution is 0.602. The second-order valence-electron chi connectivity index (χ2n) is 6.14. The topological polar surface area (TPSA) is 38.1 Å². The summed E-state index contributed by atoms with van der Waals surface area (Å²) in [6.45, 7) is 1.87. The van der Waals surface area contributed by atoms with Crippen LogP contribution in [0.15, 0.2) is 83.6 Å². The third kappa shape index (κ3) is 3.78. The molecule has 0 unspecified atom stereocenters. The van der Waals surface area contributed by atoms with Gasteiger partial charge < -0.3 is 9.73 Å². The first kappa shape index (κ1) is 15.6. The van der Waals surface area contributed by atoms with Crippen LogP contribution in [0.5, 0.6) is 0 Å². The fraction of sp³-hybridized carbons (Fsp3) is 0.136. The van der Waals surface area contributed by atoms with Crippen LogP contribution < -0.4 is 5.32 Å². The Morgan fingerprint density at radius 3 is 2.44 bits per heavy atom. The van der Waals surface area contributed by atoms with E-state index in [0.717, 1.165) is 36.2 Å². The smallest absolute Gasteiger partial charge is 0.181 e. The van der Waals surface area contributed by atoms with E-state index >= 15 is 0 Å². The lowest BCUT2D eigenvalue weighted by Gasteiger charge is -2.07. The molecule has 0 aliphatic carbocycles. The minimum Gasteiger partial charge on any atom is -0.443 e. The largest absolute Gasteiger partial charge is 0.443 e. The molecule has 124 valence electrons. The van der Waals surface area contributed by atoms with E-state index in [9.17, 15) is 0 Å². The third-order valence-corrected chi connectivity index (χ3v) is 4.38. The number of hydrogen-bond donors (Lipinski definition) is 1. The SMILES string of the molecule is c1ccc(CCNCc2ccc(-c3ccc4ocnc4c3)cc2)cc1. The number of hydrogen-bond acceptors (Lipinski definition) is 3. The van der Waals surface area contributed by atoms with Crippen molar-refractivity contribution in [3.05, 3.63) is 90.3 Å². The van der Waals surface area contributed by atoms with Crippen LogP contribution in [0, 0.1) is 0 Å². The minimum atomic E-state index is 0.822. The van der Waals surface area contributed by atoms with Crippen molar-refractivity contribution in [1.29, 1.82) is 0 Å². The van der Waals surface area contributed by atoms with Crippen LogP contribution in [0.25, 0.3) is 22.2 Å². The number of nitrogens with zero attached hydrogens (tertiary/aromatic N) is 1. The summed E-state index contributed by atoms with van der Waals surface area (Å²) in [6.07, 6.45) is 2.54. The van der Waals surface area contributed by atoms with Gasteiger partial charge in [-0.1, -0.05) is 60.7 Å². The molecule has 3 heteroatoms. The molecule has 0 amide bonds. The summed E-state index contributed by atoms with van der Waals surface area (Å²) in [4.78, 5) is 4.22. The number of aromatic nitrogens is 1. The predicted octanol–water partition coefficient (Wildman–Crippen LogP) is 4.83. The van der Waals surface area contributed by atoms with Crippen LogP contribution in [0.1, 0.15) is 11.1 Å². The molecular weight excluding hydrogens is 308 g/mol. The van der Waals surface area contributed by atoms with Crippen LogP contribution in [-0.4, -0.2) is 11.5 Å². The summed E-state index contributed by atoms with van der Waals surface area (Å²) in [5, 5.41) is 3.51. The van der Waals surface area contributed by atoms with Crippen molar-refractivity contribution in [2.45, 2.75) is 13.0 Å². The van der Waals surface area contributed by atoms with Gasteiger partial charge in [-0.3, -0.25) is 0 Å². The quantitative estimate of drug-likeness (QED) is 0.515. The van der Waals surface area contributed by atoms with Crippen molar-refractivity contribution in [2.75, 3.05) is 6.54 Å². The predicted molar refractivity (Wildman–Crippen MR) is 101 cm³/mol. The number of oxazole rings is 1. The molecule has 3 nitrogen and oxygen atoms in total.